The molecule has 1 fully saturated rings. The fourth-order valence-electron chi connectivity index (χ4n) is 3.26. The molecule has 3 rings (SSSR count). The summed E-state index contributed by atoms with van der Waals surface area (Å²) in [6.45, 7) is 5.18. The van der Waals surface area contributed by atoms with Gasteiger partial charge >= 0.3 is 0 Å². The van der Waals surface area contributed by atoms with Crippen LogP contribution >= 0.6 is 0 Å². The highest BCUT2D eigenvalue weighted by Crippen LogP contribution is 2.22. The van der Waals surface area contributed by atoms with Crippen LogP contribution in [0.3, 0.4) is 0 Å². The van der Waals surface area contributed by atoms with Crippen LogP contribution in [-0.4, -0.2) is 56.8 Å². The lowest BCUT2D eigenvalue weighted by atomic mass is 10.1. The predicted molar refractivity (Wildman–Crippen MR) is 113 cm³/mol. The van der Waals surface area contributed by atoms with Crippen molar-refractivity contribution in [2.45, 2.75) is 18.7 Å². The fourth-order valence-corrected chi connectivity index (χ4v) is 4.68. The zero-order chi connectivity index (χ0) is 21.0. The van der Waals surface area contributed by atoms with Crippen molar-refractivity contribution in [3.8, 4) is 5.75 Å². The Morgan fingerprint density at radius 2 is 1.59 bits per heavy atom. The third kappa shape index (κ3) is 4.86. The third-order valence-corrected chi connectivity index (χ3v) is 6.91. The molecule has 29 heavy (non-hydrogen) atoms. The van der Waals surface area contributed by atoms with Gasteiger partial charge in [-0.3, -0.25) is 4.79 Å². The van der Waals surface area contributed by atoms with Crippen LogP contribution in [0.2, 0.25) is 0 Å². The highest BCUT2D eigenvalue weighted by Gasteiger charge is 2.29. The number of piperazine rings is 1. The molecule has 0 unspecified atom stereocenters. The van der Waals surface area contributed by atoms with E-state index in [2.05, 4.69) is 0 Å². The van der Waals surface area contributed by atoms with Crippen molar-refractivity contribution in [1.82, 2.24) is 9.21 Å². The van der Waals surface area contributed by atoms with E-state index in [0.717, 1.165) is 16.7 Å². The molecule has 1 aliphatic rings. The lowest BCUT2D eigenvalue weighted by Gasteiger charge is -2.33. The van der Waals surface area contributed by atoms with Gasteiger partial charge < -0.3 is 9.64 Å². The van der Waals surface area contributed by atoms with Crippen molar-refractivity contribution in [2.24, 2.45) is 0 Å². The van der Waals surface area contributed by atoms with Crippen molar-refractivity contribution in [3.63, 3.8) is 0 Å². The van der Waals surface area contributed by atoms with Gasteiger partial charge in [0, 0.05) is 37.8 Å². The highest BCUT2D eigenvalue weighted by atomic mass is 32.2. The van der Waals surface area contributed by atoms with E-state index >= 15 is 0 Å². The van der Waals surface area contributed by atoms with Gasteiger partial charge in [0.2, 0.25) is 15.9 Å². The summed E-state index contributed by atoms with van der Waals surface area (Å²) in [5.74, 6) is 0.564. The number of nitrogens with zero attached hydrogens (tertiary/aromatic N) is 2. The molecule has 0 radical (unpaired) electrons. The molecule has 0 N–H and O–H groups in total. The third-order valence-electron chi connectivity index (χ3n) is 5.00. The Bertz CT molecular complexity index is 1010. The van der Waals surface area contributed by atoms with E-state index in [4.69, 9.17) is 4.74 Å². The first-order chi connectivity index (χ1) is 13.8. The Labute approximate surface area is 172 Å². The van der Waals surface area contributed by atoms with Gasteiger partial charge in [-0.2, -0.15) is 4.31 Å². The first kappa shape index (κ1) is 21.1. The molecular formula is C22H26N2O4S. The van der Waals surface area contributed by atoms with Crippen LogP contribution in [0, 0.1) is 13.8 Å². The number of amides is 1. The van der Waals surface area contributed by atoms with Gasteiger partial charge in [0.25, 0.3) is 0 Å². The van der Waals surface area contributed by atoms with Gasteiger partial charge in [-0.1, -0.05) is 29.3 Å². The summed E-state index contributed by atoms with van der Waals surface area (Å²) >= 11 is 0. The van der Waals surface area contributed by atoms with Crippen LogP contribution in [-0.2, 0) is 14.8 Å². The van der Waals surface area contributed by atoms with E-state index in [9.17, 15) is 13.2 Å². The zero-order valence-corrected chi connectivity index (χ0v) is 17.8. The monoisotopic (exact) mass is 414 g/mol. The van der Waals surface area contributed by atoms with E-state index in [0.29, 0.717) is 18.8 Å². The lowest BCUT2D eigenvalue weighted by Crippen LogP contribution is -2.50. The molecule has 1 saturated heterocycles. The molecular weight excluding hydrogens is 388 g/mol. The number of hydrogen-bond acceptors (Lipinski definition) is 4. The topological polar surface area (TPSA) is 66.9 Å². The van der Waals surface area contributed by atoms with Gasteiger partial charge in [-0.05, 0) is 44.2 Å². The van der Waals surface area contributed by atoms with Gasteiger partial charge in [-0.15, -0.1) is 0 Å². The number of carbonyl (C=O) groups is 1. The van der Waals surface area contributed by atoms with Crippen LogP contribution in [0.1, 0.15) is 16.7 Å². The molecule has 0 saturated carbocycles. The largest absolute Gasteiger partial charge is 0.496 e. The van der Waals surface area contributed by atoms with Crippen LogP contribution < -0.4 is 4.74 Å². The number of benzene rings is 2. The standard InChI is InChI=1S/C22H26N2O4S/c1-17-4-8-20(9-5-17)29(26,27)24-14-12-23(13-15-24)22(25)11-7-19-16-18(2)6-10-21(19)28-3/h4-11,16H,12-15H2,1-3H3/b11-7+. The van der Waals surface area contributed by atoms with Crippen molar-refractivity contribution >= 4 is 22.0 Å². The molecule has 1 amide bonds. The molecule has 0 bridgehead atoms. The van der Waals surface area contributed by atoms with Crippen molar-refractivity contribution < 1.29 is 17.9 Å². The Morgan fingerprint density at radius 3 is 2.21 bits per heavy atom. The van der Waals surface area contributed by atoms with E-state index in [-0.39, 0.29) is 23.9 Å². The predicted octanol–water partition coefficient (Wildman–Crippen LogP) is 2.86. The molecule has 0 atom stereocenters. The quantitative estimate of drug-likeness (QED) is 0.706. The number of aryl methyl sites for hydroxylation is 2. The van der Waals surface area contributed by atoms with Gasteiger partial charge in [0.05, 0.1) is 12.0 Å². The SMILES string of the molecule is COc1ccc(C)cc1/C=C/C(=O)N1CCN(S(=O)(=O)c2ccc(C)cc2)CC1. The van der Waals surface area contributed by atoms with Crippen LogP contribution in [0.25, 0.3) is 6.08 Å². The number of rotatable bonds is 5. The van der Waals surface area contributed by atoms with E-state index in [1.807, 2.05) is 32.0 Å². The number of sulfonamides is 1. The Hall–Kier alpha value is -2.64. The number of hydrogen-bond donors (Lipinski definition) is 0. The fraction of sp³-hybridized carbons (Fsp3) is 0.318. The van der Waals surface area contributed by atoms with Crippen molar-refractivity contribution in [3.05, 3.63) is 65.2 Å². The maximum Gasteiger partial charge on any atom is 0.246 e. The second-order valence-corrected chi connectivity index (χ2v) is 9.06. The van der Waals surface area contributed by atoms with E-state index in [1.54, 1.807) is 42.4 Å². The molecule has 1 heterocycles. The smallest absolute Gasteiger partial charge is 0.246 e. The second-order valence-electron chi connectivity index (χ2n) is 7.12. The molecule has 0 aromatic heterocycles. The summed E-state index contributed by atoms with van der Waals surface area (Å²) in [6, 6.07) is 12.6. The lowest BCUT2D eigenvalue weighted by molar-refractivity contribution is -0.127. The van der Waals surface area contributed by atoms with E-state index < -0.39 is 10.0 Å². The first-order valence-corrected chi connectivity index (χ1v) is 10.9. The highest BCUT2D eigenvalue weighted by molar-refractivity contribution is 7.89. The summed E-state index contributed by atoms with van der Waals surface area (Å²) < 4.78 is 32.3. The Kier molecular flexibility index (Phi) is 6.39. The van der Waals surface area contributed by atoms with Crippen molar-refractivity contribution in [1.29, 1.82) is 0 Å². The number of carbonyl (C=O) groups excluding carboxylic acids is 1. The Balaban J connectivity index is 1.64. The zero-order valence-electron chi connectivity index (χ0n) is 17.0. The molecule has 0 aliphatic carbocycles. The molecule has 6 nitrogen and oxygen atoms in total. The average molecular weight is 415 g/mol. The molecule has 1 aliphatic heterocycles. The van der Waals surface area contributed by atoms with Gasteiger partial charge in [0.15, 0.2) is 0 Å². The van der Waals surface area contributed by atoms with E-state index in [1.165, 1.54) is 10.4 Å². The number of ether oxygens (including phenoxy) is 1. The minimum Gasteiger partial charge on any atom is -0.496 e. The molecule has 154 valence electrons. The number of methoxy groups -OCH3 is 1. The summed E-state index contributed by atoms with van der Waals surface area (Å²) in [4.78, 5) is 14.5. The van der Waals surface area contributed by atoms with Crippen LogP contribution in [0.4, 0.5) is 0 Å². The molecule has 2 aromatic carbocycles. The van der Waals surface area contributed by atoms with Crippen LogP contribution in [0.15, 0.2) is 53.4 Å². The maximum absolute atomic E-state index is 12.8. The Morgan fingerprint density at radius 1 is 0.966 bits per heavy atom. The van der Waals surface area contributed by atoms with Gasteiger partial charge in [-0.25, -0.2) is 8.42 Å². The summed E-state index contributed by atoms with van der Waals surface area (Å²) in [5, 5.41) is 0. The second kappa shape index (κ2) is 8.80. The normalized spacial score (nSPS) is 15.6. The van der Waals surface area contributed by atoms with Crippen molar-refractivity contribution in [2.75, 3.05) is 33.3 Å². The van der Waals surface area contributed by atoms with Crippen LogP contribution in [0.5, 0.6) is 5.75 Å². The first-order valence-electron chi connectivity index (χ1n) is 9.50. The summed E-state index contributed by atoms with van der Waals surface area (Å²) in [5.41, 5.74) is 2.92. The molecule has 2 aromatic rings. The minimum absolute atomic E-state index is 0.138. The average Bonchev–Trinajstić information content (AvgIpc) is 2.72. The summed E-state index contributed by atoms with van der Waals surface area (Å²) in [6.07, 6.45) is 3.25. The molecule has 7 heteroatoms. The molecule has 0 spiro atoms. The summed E-state index contributed by atoms with van der Waals surface area (Å²) in [7, 11) is -1.94. The minimum atomic E-state index is -3.54. The maximum atomic E-state index is 12.8. The van der Waals surface area contributed by atoms with Gasteiger partial charge in [0.1, 0.15) is 5.75 Å².